The number of rotatable bonds is 3. The van der Waals surface area contributed by atoms with Gasteiger partial charge in [0.05, 0.1) is 5.69 Å². The van der Waals surface area contributed by atoms with Crippen LogP contribution in [0.5, 0.6) is 5.75 Å². The summed E-state index contributed by atoms with van der Waals surface area (Å²) in [6.45, 7) is 10.5. The van der Waals surface area contributed by atoms with Gasteiger partial charge in [-0.2, -0.15) is 0 Å². The van der Waals surface area contributed by atoms with Gasteiger partial charge in [-0.3, -0.25) is 5.32 Å². The first-order valence-electron chi connectivity index (χ1n) is 7.57. The van der Waals surface area contributed by atoms with Gasteiger partial charge in [0.25, 0.3) is 0 Å². The summed E-state index contributed by atoms with van der Waals surface area (Å²) in [5, 5.41) is 4.16. The number of hydrogen-bond acceptors (Lipinski definition) is 4. The minimum Gasteiger partial charge on any atom is -0.444 e. The third-order valence-corrected chi connectivity index (χ3v) is 3.05. The molecule has 1 N–H and O–H groups in total. The van der Waals surface area contributed by atoms with Crippen LogP contribution < -0.4 is 10.1 Å². The van der Waals surface area contributed by atoms with Crippen molar-refractivity contribution in [1.29, 1.82) is 0 Å². The largest absolute Gasteiger partial charge is 0.444 e. The van der Waals surface area contributed by atoms with Crippen LogP contribution in [0.1, 0.15) is 27.7 Å². The van der Waals surface area contributed by atoms with Crippen LogP contribution >= 0.6 is 0 Å². The highest BCUT2D eigenvalue weighted by Gasteiger charge is 2.18. The van der Waals surface area contributed by atoms with Crippen LogP contribution in [0.2, 0.25) is 0 Å². The van der Waals surface area contributed by atoms with Gasteiger partial charge in [-0.1, -0.05) is 30.8 Å². The van der Waals surface area contributed by atoms with Crippen molar-refractivity contribution in [1.82, 2.24) is 0 Å². The zero-order valence-electron chi connectivity index (χ0n) is 14.3. The third-order valence-electron chi connectivity index (χ3n) is 3.05. The number of esters is 1. The Morgan fingerprint density at radius 2 is 1.71 bits per heavy atom. The molecule has 0 radical (unpaired) electrons. The topological polar surface area (TPSA) is 64.6 Å². The van der Waals surface area contributed by atoms with Gasteiger partial charge in [0, 0.05) is 11.0 Å². The molecule has 0 unspecified atom stereocenters. The van der Waals surface area contributed by atoms with Crippen LogP contribution in [0.15, 0.2) is 48.6 Å². The first-order chi connectivity index (χ1) is 11.2. The molecule has 0 heterocycles. The van der Waals surface area contributed by atoms with E-state index in [1.165, 1.54) is 0 Å². The highest BCUT2D eigenvalue weighted by molar-refractivity contribution is 6.05. The molecule has 1 amide bonds. The van der Waals surface area contributed by atoms with Crippen molar-refractivity contribution < 1.29 is 19.1 Å². The van der Waals surface area contributed by atoms with Crippen molar-refractivity contribution in [2.45, 2.75) is 33.3 Å². The molecular formula is C19H21NO4. The lowest BCUT2D eigenvalue weighted by atomic mass is 10.1. The van der Waals surface area contributed by atoms with E-state index in [9.17, 15) is 9.59 Å². The molecular weight excluding hydrogens is 306 g/mol. The molecule has 5 heteroatoms. The summed E-state index contributed by atoms with van der Waals surface area (Å²) < 4.78 is 10.7. The number of benzene rings is 2. The second-order valence-electron chi connectivity index (χ2n) is 6.46. The summed E-state index contributed by atoms with van der Waals surface area (Å²) in [6.07, 6.45) is -0.573. The Labute approximate surface area is 141 Å². The number of carbonyl (C=O) groups excluding carboxylic acids is 2. The van der Waals surface area contributed by atoms with Crippen molar-refractivity contribution >= 4 is 28.5 Å². The molecule has 126 valence electrons. The number of carbonyl (C=O) groups is 2. The Balaban J connectivity index is 2.41. The van der Waals surface area contributed by atoms with Crippen molar-refractivity contribution in [2.75, 3.05) is 5.32 Å². The number of ether oxygens (including phenoxy) is 2. The lowest BCUT2D eigenvalue weighted by Gasteiger charge is -2.20. The second kappa shape index (κ2) is 6.74. The Bertz CT molecular complexity index is 797. The molecule has 0 atom stereocenters. The van der Waals surface area contributed by atoms with Gasteiger partial charge in [0.1, 0.15) is 11.4 Å². The van der Waals surface area contributed by atoms with Crippen molar-refractivity contribution in [2.24, 2.45) is 0 Å². The van der Waals surface area contributed by atoms with Gasteiger partial charge in [-0.25, -0.2) is 9.59 Å². The summed E-state index contributed by atoms with van der Waals surface area (Å²) in [5.74, 6) is -0.165. The molecule has 0 saturated carbocycles. The van der Waals surface area contributed by atoms with E-state index in [1.807, 2.05) is 12.1 Å². The molecule has 0 aliphatic heterocycles. The highest BCUT2D eigenvalue weighted by atomic mass is 16.6. The van der Waals surface area contributed by atoms with Crippen LogP contribution in [0, 0.1) is 0 Å². The number of nitrogens with one attached hydrogen (secondary N) is 1. The fourth-order valence-electron chi connectivity index (χ4n) is 2.10. The molecule has 5 nitrogen and oxygen atoms in total. The molecule has 0 saturated heterocycles. The van der Waals surface area contributed by atoms with Crippen LogP contribution in [-0.2, 0) is 9.53 Å². The van der Waals surface area contributed by atoms with Crippen molar-refractivity contribution in [3.8, 4) is 5.75 Å². The first kappa shape index (κ1) is 17.5. The molecule has 0 spiro atoms. The summed E-state index contributed by atoms with van der Waals surface area (Å²) in [5.41, 5.74) is 0.195. The summed E-state index contributed by atoms with van der Waals surface area (Å²) in [6, 6.07) is 10.7. The van der Waals surface area contributed by atoms with E-state index in [1.54, 1.807) is 52.0 Å². The summed E-state index contributed by atoms with van der Waals surface area (Å²) >= 11 is 0. The van der Waals surface area contributed by atoms with E-state index in [0.717, 1.165) is 5.39 Å². The molecule has 0 aliphatic carbocycles. The average Bonchev–Trinajstić information content (AvgIpc) is 2.45. The van der Waals surface area contributed by atoms with Crippen molar-refractivity contribution in [3.63, 3.8) is 0 Å². The van der Waals surface area contributed by atoms with Gasteiger partial charge in [0.15, 0.2) is 0 Å². The van der Waals surface area contributed by atoms with Crippen LogP contribution in [0.4, 0.5) is 10.5 Å². The van der Waals surface area contributed by atoms with Crippen LogP contribution in [0.3, 0.4) is 0 Å². The molecule has 2 aromatic rings. The monoisotopic (exact) mass is 327 g/mol. The number of fused-ring (bicyclic) bond motifs is 1. The lowest BCUT2D eigenvalue weighted by Crippen LogP contribution is -2.27. The summed E-state index contributed by atoms with van der Waals surface area (Å²) in [4.78, 5) is 23.9. The van der Waals surface area contributed by atoms with Gasteiger partial charge in [-0.05, 0) is 45.2 Å². The molecule has 24 heavy (non-hydrogen) atoms. The maximum Gasteiger partial charge on any atom is 0.412 e. The Kier molecular flexibility index (Phi) is 4.93. The second-order valence-corrected chi connectivity index (χ2v) is 6.46. The predicted octanol–water partition coefficient (Wildman–Crippen LogP) is 4.67. The van der Waals surface area contributed by atoms with E-state index in [4.69, 9.17) is 9.47 Å². The van der Waals surface area contributed by atoms with Gasteiger partial charge in [0.2, 0.25) is 0 Å². The van der Waals surface area contributed by atoms with Gasteiger partial charge in [-0.15, -0.1) is 0 Å². The number of hydrogen-bond donors (Lipinski definition) is 1. The molecule has 0 bridgehead atoms. The van der Waals surface area contributed by atoms with Gasteiger partial charge < -0.3 is 9.47 Å². The molecule has 2 rings (SSSR count). The minimum absolute atomic E-state index is 0.296. The summed E-state index contributed by atoms with van der Waals surface area (Å²) in [7, 11) is 0. The zero-order valence-corrected chi connectivity index (χ0v) is 14.3. The van der Waals surface area contributed by atoms with Gasteiger partial charge >= 0.3 is 12.1 Å². The van der Waals surface area contributed by atoms with E-state index >= 15 is 0 Å². The normalized spacial score (nSPS) is 11.0. The van der Waals surface area contributed by atoms with E-state index in [-0.39, 0.29) is 0 Å². The highest BCUT2D eigenvalue weighted by Crippen LogP contribution is 2.33. The van der Waals surface area contributed by atoms with Crippen LogP contribution in [0.25, 0.3) is 10.8 Å². The number of amides is 1. The van der Waals surface area contributed by atoms with E-state index in [0.29, 0.717) is 22.4 Å². The number of anilines is 1. The fraction of sp³-hybridized carbons (Fsp3) is 0.263. The fourth-order valence-corrected chi connectivity index (χ4v) is 2.10. The standard InChI is InChI=1S/C19H21NO4/c1-12(2)17(21)23-15-11-7-9-13-8-6-10-14(16(13)15)20-18(22)24-19(3,4)5/h6-11H,1H2,2-5H3,(H,20,22). The lowest BCUT2D eigenvalue weighted by molar-refractivity contribution is -0.129. The molecule has 0 aliphatic rings. The maximum atomic E-state index is 12.1. The predicted molar refractivity (Wildman–Crippen MR) is 94.3 cm³/mol. The Morgan fingerprint density at radius 1 is 1.08 bits per heavy atom. The average molecular weight is 327 g/mol. The van der Waals surface area contributed by atoms with Crippen molar-refractivity contribution in [3.05, 3.63) is 48.6 Å². The quantitative estimate of drug-likeness (QED) is 0.505. The smallest absolute Gasteiger partial charge is 0.412 e. The molecule has 2 aromatic carbocycles. The molecule has 0 fully saturated rings. The first-order valence-corrected chi connectivity index (χ1v) is 7.57. The third kappa shape index (κ3) is 4.35. The maximum absolute atomic E-state index is 12.1. The van der Waals surface area contributed by atoms with E-state index in [2.05, 4.69) is 11.9 Å². The van der Waals surface area contributed by atoms with Crippen LogP contribution in [-0.4, -0.2) is 17.7 Å². The Morgan fingerprint density at radius 3 is 2.29 bits per heavy atom. The SMILES string of the molecule is C=C(C)C(=O)Oc1cccc2cccc(NC(=O)OC(C)(C)C)c12. The van der Waals surface area contributed by atoms with E-state index < -0.39 is 17.7 Å². The molecule has 0 aromatic heterocycles. The Hall–Kier alpha value is -2.82. The minimum atomic E-state index is -0.607. The zero-order chi connectivity index (χ0) is 17.9.